The van der Waals surface area contributed by atoms with Gasteiger partial charge in [0.25, 0.3) is 0 Å². The Labute approximate surface area is 125 Å². The van der Waals surface area contributed by atoms with Gasteiger partial charge in [-0.15, -0.1) is 0 Å². The molecular weight excluding hydrogens is 268 g/mol. The van der Waals surface area contributed by atoms with E-state index in [0.717, 1.165) is 6.54 Å². The van der Waals surface area contributed by atoms with Crippen LogP contribution in [0, 0.1) is 5.92 Å². The minimum Gasteiger partial charge on any atom is -0.465 e. The van der Waals surface area contributed by atoms with Crippen LogP contribution in [0.5, 0.6) is 0 Å². The van der Waals surface area contributed by atoms with Crippen molar-refractivity contribution in [3.05, 3.63) is 29.8 Å². The van der Waals surface area contributed by atoms with Crippen LogP contribution in [0.15, 0.2) is 24.3 Å². The summed E-state index contributed by atoms with van der Waals surface area (Å²) in [6.45, 7) is 0.728. The molecule has 2 N–H and O–H groups in total. The molecule has 2 amide bonds. The maximum absolute atomic E-state index is 11.8. The zero-order chi connectivity index (χ0) is 15.1. The number of carbonyl (C=O) groups is 2. The maximum atomic E-state index is 11.8. The van der Waals surface area contributed by atoms with Gasteiger partial charge in [-0.05, 0) is 43.0 Å². The van der Waals surface area contributed by atoms with Gasteiger partial charge < -0.3 is 15.4 Å². The largest absolute Gasteiger partial charge is 0.465 e. The number of amides is 2. The second-order valence-corrected chi connectivity index (χ2v) is 5.41. The predicted molar refractivity (Wildman–Crippen MR) is 81.4 cm³/mol. The zero-order valence-electron chi connectivity index (χ0n) is 12.4. The van der Waals surface area contributed by atoms with Gasteiger partial charge in [-0.1, -0.05) is 19.3 Å². The van der Waals surface area contributed by atoms with E-state index in [9.17, 15) is 9.59 Å². The first-order valence-electron chi connectivity index (χ1n) is 7.42. The van der Waals surface area contributed by atoms with Crippen molar-refractivity contribution < 1.29 is 14.3 Å². The van der Waals surface area contributed by atoms with E-state index in [1.54, 1.807) is 24.3 Å². The van der Waals surface area contributed by atoms with E-state index in [-0.39, 0.29) is 12.0 Å². The molecule has 114 valence electrons. The number of carbonyl (C=O) groups excluding carboxylic acids is 2. The number of anilines is 1. The molecule has 1 aromatic rings. The van der Waals surface area contributed by atoms with Crippen LogP contribution in [-0.2, 0) is 4.74 Å². The van der Waals surface area contributed by atoms with Crippen molar-refractivity contribution in [2.45, 2.75) is 32.1 Å². The van der Waals surface area contributed by atoms with E-state index >= 15 is 0 Å². The molecule has 2 rings (SSSR count). The van der Waals surface area contributed by atoms with Gasteiger partial charge in [-0.3, -0.25) is 0 Å². The highest BCUT2D eigenvalue weighted by molar-refractivity contribution is 5.92. The fourth-order valence-corrected chi connectivity index (χ4v) is 2.61. The second-order valence-electron chi connectivity index (χ2n) is 5.41. The van der Waals surface area contributed by atoms with E-state index < -0.39 is 0 Å². The summed E-state index contributed by atoms with van der Waals surface area (Å²) in [6, 6.07) is 6.43. The summed E-state index contributed by atoms with van der Waals surface area (Å²) in [5.74, 6) is 0.217. The number of ether oxygens (including phenoxy) is 1. The zero-order valence-corrected chi connectivity index (χ0v) is 12.4. The first kappa shape index (κ1) is 15.4. The van der Waals surface area contributed by atoms with Gasteiger partial charge >= 0.3 is 12.0 Å². The third-order valence-corrected chi connectivity index (χ3v) is 3.84. The van der Waals surface area contributed by atoms with Crippen molar-refractivity contribution in [3.63, 3.8) is 0 Å². The number of hydrogen-bond donors (Lipinski definition) is 2. The minimum atomic E-state index is -0.386. The second kappa shape index (κ2) is 7.67. The van der Waals surface area contributed by atoms with Gasteiger partial charge in [0.2, 0.25) is 0 Å². The van der Waals surface area contributed by atoms with E-state index in [1.165, 1.54) is 39.2 Å². The van der Waals surface area contributed by atoms with E-state index in [1.807, 2.05) is 0 Å². The molecule has 5 nitrogen and oxygen atoms in total. The average molecular weight is 290 g/mol. The molecule has 1 aliphatic rings. The smallest absolute Gasteiger partial charge is 0.337 e. The van der Waals surface area contributed by atoms with Gasteiger partial charge in [-0.2, -0.15) is 0 Å². The van der Waals surface area contributed by atoms with Crippen LogP contribution in [0.25, 0.3) is 0 Å². The van der Waals surface area contributed by atoms with E-state index in [0.29, 0.717) is 17.2 Å². The molecule has 0 spiro atoms. The third kappa shape index (κ3) is 4.77. The van der Waals surface area contributed by atoms with Gasteiger partial charge in [0.15, 0.2) is 0 Å². The molecule has 0 atom stereocenters. The predicted octanol–water partition coefficient (Wildman–Crippen LogP) is 3.18. The molecule has 0 bridgehead atoms. The Morgan fingerprint density at radius 3 is 2.43 bits per heavy atom. The Kier molecular flexibility index (Phi) is 5.60. The summed E-state index contributed by atoms with van der Waals surface area (Å²) >= 11 is 0. The van der Waals surface area contributed by atoms with Crippen LogP contribution in [-0.4, -0.2) is 25.7 Å². The third-order valence-electron chi connectivity index (χ3n) is 3.84. The molecule has 0 aromatic heterocycles. The Morgan fingerprint density at radius 1 is 1.14 bits per heavy atom. The lowest BCUT2D eigenvalue weighted by Crippen LogP contribution is -2.33. The number of nitrogens with one attached hydrogen (secondary N) is 2. The number of benzene rings is 1. The van der Waals surface area contributed by atoms with Crippen LogP contribution < -0.4 is 10.6 Å². The Bertz CT molecular complexity index is 479. The van der Waals surface area contributed by atoms with Crippen molar-refractivity contribution in [2.75, 3.05) is 19.0 Å². The molecular formula is C16H22N2O3. The van der Waals surface area contributed by atoms with Crippen LogP contribution in [0.4, 0.5) is 10.5 Å². The van der Waals surface area contributed by atoms with Crippen molar-refractivity contribution in [1.82, 2.24) is 5.32 Å². The number of hydrogen-bond acceptors (Lipinski definition) is 3. The van der Waals surface area contributed by atoms with Gasteiger partial charge in [0, 0.05) is 12.2 Å². The lowest BCUT2D eigenvalue weighted by molar-refractivity contribution is 0.0601. The summed E-state index contributed by atoms with van der Waals surface area (Å²) in [5.41, 5.74) is 1.12. The lowest BCUT2D eigenvalue weighted by atomic mass is 9.89. The lowest BCUT2D eigenvalue weighted by Gasteiger charge is -2.21. The average Bonchev–Trinajstić information content (AvgIpc) is 2.54. The molecule has 21 heavy (non-hydrogen) atoms. The molecule has 0 unspecified atom stereocenters. The van der Waals surface area contributed by atoms with Crippen LogP contribution >= 0.6 is 0 Å². The van der Waals surface area contributed by atoms with Gasteiger partial charge in [0.05, 0.1) is 12.7 Å². The monoisotopic (exact) mass is 290 g/mol. The molecule has 1 fully saturated rings. The standard InChI is InChI=1S/C16H22N2O3/c1-21-15(19)13-7-9-14(10-8-13)18-16(20)17-11-12-5-3-2-4-6-12/h7-10,12H,2-6,11H2,1H3,(H2,17,18,20). The van der Waals surface area contributed by atoms with Crippen molar-refractivity contribution in [3.8, 4) is 0 Å². The molecule has 0 heterocycles. The Morgan fingerprint density at radius 2 is 1.81 bits per heavy atom. The van der Waals surface area contributed by atoms with Crippen molar-refractivity contribution >= 4 is 17.7 Å². The normalized spacial score (nSPS) is 15.3. The number of rotatable bonds is 4. The highest BCUT2D eigenvalue weighted by atomic mass is 16.5. The van der Waals surface area contributed by atoms with Gasteiger partial charge in [0.1, 0.15) is 0 Å². The SMILES string of the molecule is COC(=O)c1ccc(NC(=O)NCC2CCCCC2)cc1. The highest BCUT2D eigenvalue weighted by Crippen LogP contribution is 2.22. The molecule has 0 aliphatic heterocycles. The summed E-state index contributed by atoms with van der Waals surface area (Å²) < 4.78 is 4.62. The topological polar surface area (TPSA) is 67.4 Å². The van der Waals surface area contributed by atoms with E-state index in [2.05, 4.69) is 15.4 Å². The van der Waals surface area contributed by atoms with Crippen LogP contribution in [0.3, 0.4) is 0 Å². The highest BCUT2D eigenvalue weighted by Gasteiger charge is 2.14. The van der Waals surface area contributed by atoms with Crippen molar-refractivity contribution in [2.24, 2.45) is 5.92 Å². The first-order valence-corrected chi connectivity index (χ1v) is 7.42. The molecule has 1 aromatic carbocycles. The first-order chi connectivity index (χ1) is 10.2. The van der Waals surface area contributed by atoms with E-state index in [4.69, 9.17) is 0 Å². The Balaban J connectivity index is 1.77. The summed E-state index contributed by atoms with van der Waals surface area (Å²) in [4.78, 5) is 23.1. The van der Waals surface area contributed by atoms with Gasteiger partial charge in [-0.25, -0.2) is 9.59 Å². The molecule has 0 radical (unpaired) electrons. The van der Waals surface area contributed by atoms with Crippen LogP contribution in [0.1, 0.15) is 42.5 Å². The number of methoxy groups -OCH3 is 1. The quantitative estimate of drug-likeness (QED) is 0.837. The van der Waals surface area contributed by atoms with Crippen molar-refractivity contribution in [1.29, 1.82) is 0 Å². The molecule has 5 heteroatoms. The molecule has 1 aliphatic carbocycles. The number of esters is 1. The summed E-state index contributed by atoms with van der Waals surface area (Å²) in [6.07, 6.45) is 6.25. The fraction of sp³-hybridized carbons (Fsp3) is 0.500. The summed E-state index contributed by atoms with van der Waals surface area (Å²) in [5, 5.41) is 5.67. The van der Waals surface area contributed by atoms with Crippen LogP contribution in [0.2, 0.25) is 0 Å². The Hall–Kier alpha value is -2.04. The minimum absolute atomic E-state index is 0.202. The summed E-state index contributed by atoms with van der Waals surface area (Å²) in [7, 11) is 1.34. The number of urea groups is 1. The fourth-order valence-electron chi connectivity index (χ4n) is 2.61. The molecule has 0 saturated heterocycles. The molecule has 1 saturated carbocycles. The maximum Gasteiger partial charge on any atom is 0.337 e.